The molecule has 5 heteroatoms. The molecule has 3 nitrogen and oxygen atoms in total. The third-order valence-corrected chi connectivity index (χ3v) is 6.78. The minimum atomic E-state index is 0. The van der Waals surface area contributed by atoms with E-state index in [2.05, 4.69) is 48.5 Å². The van der Waals surface area contributed by atoms with Crippen molar-refractivity contribution in [1.29, 1.82) is 0 Å². The van der Waals surface area contributed by atoms with Crippen molar-refractivity contribution in [2.75, 3.05) is 39.3 Å². The van der Waals surface area contributed by atoms with Crippen LogP contribution in [0.3, 0.4) is 0 Å². The number of hydrogen-bond acceptors (Lipinski definition) is 1. The zero-order chi connectivity index (χ0) is 22.0. The predicted octanol–water partition coefficient (Wildman–Crippen LogP) is 1.71. The summed E-state index contributed by atoms with van der Waals surface area (Å²) in [6.07, 6.45) is 15.7. The maximum atomic E-state index is 7.21. The van der Waals surface area contributed by atoms with Gasteiger partial charge in [-0.1, -0.05) is 80.1 Å². The van der Waals surface area contributed by atoms with E-state index >= 15 is 0 Å². The lowest BCUT2D eigenvalue weighted by Crippen LogP contribution is -3.00. The maximum absolute atomic E-state index is 7.21. The largest absolute Gasteiger partial charge is 1.00 e. The number of nitrogens with zero attached hydrogens (tertiary/aromatic N) is 2. The lowest BCUT2D eigenvalue weighted by atomic mass is 10.1. The molecule has 0 heterocycles. The second kappa shape index (κ2) is 22.6. The molecule has 0 saturated carbocycles. The van der Waals surface area contributed by atoms with Crippen LogP contribution in [0.2, 0.25) is 0 Å². The van der Waals surface area contributed by atoms with Crippen LogP contribution in [-0.4, -0.2) is 54.6 Å². The summed E-state index contributed by atoms with van der Waals surface area (Å²) in [7, 11) is 0. The number of quaternary nitrogens is 2. The van der Waals surface area contributed by atoms with Crippen LogP contribution in [0.4, 0.5) is 0 Å². The Morgan fingerprint density at radius 3 is 1.00 bits per heavy atom. The molecule has 0 aromatic rings. The van der Waals surface area contributed by atoms with Crippen LogP contribution in [0.1, 0.15) is 126 Å². The minimum Gasteiger partial charge on any atom is -1.00 e. The van der Waals surface area contributed by atoms with Gasteiger partial charge in [-0.05, 0) is 38.5 Å². The monoisotopic (exact) mass is 572 g/mol. The van der Waals surface area contributed by atoms with E-state index in [1.807, 2.05) is 0 Å². The number of unbranched alkanes of at least 4 members (excludes halogenated alkanes) is 6. The van der Waals surface area contributed by atoms with Gasteiger partial charge in [0, 0.05) is 6.92 Å². The summed E-state index contributed by atoms with van der Waals surface area (Å²) in [6.45, 7) is 23.8. The predicted molar refractivity (Wildman–Crippen MR) is 130 cm³/mol. The fourth-order valence-corrected chi connectivity index (χ4v) is 4.56. The van der Waals surface area contributed by atoms with Crippen LogP contribution in [0.15, 0.2) is 0 Å². The van der Waals surface area contributed by atoms with Crippen LogP contribution in [-0.2, 0) is 4.84 Å². The van der Waals surface area contributed by atoms with Crippen molar-refractivity contribution in [3.05, 3.63) is 0 Å². The molecule has 0 bridgehead atoms. The molecule has 1 unspecified atom stereocenters. The minimum absolute atomic E-state index is 0. The molecule has 0 N–H and O–H groups in total. The Morgan fingerprint density at radius 1 is 0.484 bits per heavy atom. The highest BCUT2D eigenvalue weighted by molar-refractivity contribution is 4.51. The summed E-state index contributed by atoms with van der Waals surface area (Å²) in [6, 6.07) is 0. The van der Waals surface area contributed by atoms with E-state index in [-0.39, 0.29) is 34.0 Å². The lowest BCUT2D eigenvalue weighted by Gasteiger charge is -2.47. The zero-order valence-electron chi connectivity index (χ0n) is 22.4. The first kappa shape index (κ1) is 36.4. The molecule has 0 rings (SSSR count). The quantitative estimate of drug-likeness (QED) is 0.115. The fourth-order valence-electron chi connectivity index (χ4n) is 4.56. The highest BCUT2D eigenvalue weighted by Gasteiger charge is 2.41. The van der Waals surface area contributed by atoms with Gasteiger partial charge in [0.1, 0.15) is 19.6 Å². The second-order valence-electron chi connectivity index (χ2n) is 9.44. The Kier molecular flexibility index (Phi) is 26.6. The van der Waals surface area contributed by atoms with Gasteiger partial charge in [0.25, 0.3) is 0 Å². The summed E-state index contributed by atoms with van der Waals surface area (Å²) in [5, 5.41) is 0. The molecule has 0 aliphatic heterocycles. The molecule has 0 radical (unpaired) electrons. The van der Waals surface area contributed by atoms with Gasteiger partial charge in [-0.15, -0.1) is 4.84 Å². The molecule has 192 valence electrons. The summed E-state index contributed by atoms with van der Waals surface area (Å²) in [5.41, 5.74) is 0. The molecule has 0 aliphatic rings. The maximum Gasteiger partial charge on any atom is 0.242 e. The molecule has 0 aromatic heterocycles. The average Bonchev–Trinajstić information content (AvgIpc) is 2.74. The van der Waals surface area contributed by atoms with Crippen molar-refractivity contribution in [2.45, 2.75) is 132 Å². The van der Waals surface area contributed by atoms with Crippen LogP contribution in [0.25, 0.3) is 0 Å². The Bertz CT molecular complexity index is 326. The Labute approximate surface area is 218 Å². The van der Waals surface area contributed by atoms with Crippen molar-refractivity contribution in [3.8, 4) is 0 Å². The van der Waals surface area contributed by atoms with E-state index in [1.165, 1.54) is 121 Å². The third kappa shape index (κ3) is 14.7. The molecule has 31 heavy (non-hydrogen) atoms. The first-order chi connectivity index (χ1) is 14.0. The average molecular weight is 575 g/mol. The summed E-state index contributed by atoms with van der Waals surface area (Å²) >= 11 is 0. The van der Waals surface area contributed by atoms with Gasteiger partial charge in [0.15, 0.2) is 0 Å². The van der Waals surface area contributed by atoms with Gasteiger partial charge in [-0.25, -0.2) is 0 Å². The standard InChI is InChI=1S/C26H58N2O.2BrH/c1-8-14-20-27(21-15-9-2,22-16-10-3)26(7)29-28(23-17-11-4,24-18-12-5)25-19-13-6;;/h26H,8-25H2,1-7H3;2*1H/q+2;;/p-2. The zero-order valence-corrected chi connectivity index (χ0v) is 25.5. The van der Waals surface area contributed by atoms with Crippen molar-refractivity contribution in [2.24, 2.45) is 0 Å². The van der Waals surface area contributed by atoms with Crippen LogP contribution < -0.4 is 34.0 Å². The van der Waals surface area contributed by atoms with Crippen LogP contribution >= 0.6 is 0 Å². The van der Waals surface area contributed by atoms with Gasteiger partial charge in [-0.3, -0.25) is 4.48 Å². The Hall–Kier alpha value is 0.840. The summed E-state index contributed by atoms with van der Waals surface area (Å²) < 4.78 is 2.08. The molecule has 1 atom stereocenters. The van der Waals surface area contributed by atoms with Gasteiger partial charge >= 0.3 is 0 Å². The molecule has 0 aliphatic carbocycles. The Morgan fingerprint density at radius 2 is 0.742 bits per heavy atom. The highest BCUT2D eigenvalue weighted by Crippen LogP contribution is 2.26. The first-order valence-electron chi connectivity index (χ1n) is 13.4. The fraction of sp³-hybridized carbons (Fsp3) is 1.00. The van der Waals surface area contributed by atoms with E-state index in [0.717, 1.165) is 4.65 Å². The number of rotatable bonds is 21. The van der Waals surface area contributed by atoms with Crippen molar-refractivity contribution in [3.63, 3.8) is 0 Å². The third-order valence-electron chi connectivity index (χ3n) is 6.78. The molecular formula is C26H58Br2N2O. The highest BCUT2D eigenvalue weighted by atomic mass is 79.9. The van der Waals surface area contributed by atoms with Gasteiger partial charge in [0.05, 0.1) is 19.6 Å². The smallest absolute Gasteiger partial charge is 0.242 e. The van der Waals surface area contributed by atoms with Crippen molar-refractivity contribution < 1.29 is 47.9 Å². The molecule has 0 amide bonds. The van der Waals surface area contributed by atoms with Gasteiger partial charge in [-0.2, -0.15) is 4.65 Å². The van der Waals surface area contributed by atoms with E-state index < -0.39 is 0 Å². The van der Waals surface area contributed by atoms with Crippen LogP contribution in [0.5, 0.6) is 0 Å². The summed E-state index contributed by atoms with van der Waals surface area (Å²) in [5.74, 6) is 0. The normalized spacial score (nSPS) is 12.9. The molecule has 0 saturated heterocycles. The van der Waals surface area contributed by atoms with Crippen molar-refractivity contribution in [1.82, 2.24) is 0 Å². The molecule has 0 aromatic carbocycles. The van der Waals surface area contributed by atoms with Crippen LogP contribution in [0, 0.1) is 0 Å². The van der Waals surface area contributed by atoms with E-state index in [9.17, 15) is 0 Å². The Balaban J connectivity index is -0.00000392. The number of halogens is 2. The SMILES string of the molecule is CCCC[N+](CCCC)(CCCC)OC(C)[N+](CCCC)(CCCC)CCCC.[Br-].[Br-]. The van der Waals surface area contributed by atoms with Gasteiger partial charge in [0.2, 0.25) is 6.23 Å². The molecule has 0 spiro atoms. The first-order valence-corrected chi connectivity index (χ1v) is 13.4. The number of hydrogen-bond donors (Lipinski definition) is 0. The molecular weight excluding hydrogens is 516 g/mol. The number of hydroxylamine groups is 3. The van der Waals surface area contributed by atoms with Gasteiger partial charge < -0.3 is 34.0 Å². The van der Waals surface area contributed by atoms with E-state index in [0.29, 0.717) is 6.23 Å². The topological polar surface area (TPSA) is 9.23 Å². The van der Waals surface area contributed by atoms with E-state index in [1.54, 1.807) is 0 Å². The summed E-state index contributed by atoms with van der Waals surface area (Å²) in [4.78, 5) is 7.21. The van der Waals surface area contributed by atoms with E-state index in [4.69, 9.17) is 4.84 Å². The second-order valence-corrected chi connectivity index (χ2v) is 9.44. The lowest BCUT2D eigenvalue weighted by molar-refractivity contribution is -1.15. The van der Waals surface area contributed by atoms with Crippen molar-refractivity contribution >= 4 is 0 Å². The molecule has 0 fully saturated rings.